The Labute approximate surface area is 136 Å². The molecule has 0 bridgehead atoms. The van der Waals surface area contributed by atoms with Crippen molar-refractivity contribution in [1.82, 2.24) is 0 Å². The molecule has 0 saturated heterocycles. The normalized spacial score (nSPS) is 11.6. The minimum atomic E-state index is -0.0649. The molecule has 0 aliphatic heterocycles. The molecule has 3 N–H and O–H groups in total. The summed E-state index contributed by atoms with van der Waals surface area (Å²) in [5, 5.41) is 2.86. The molecule has 2 aromatic rings. The summed E-state index contributed by atoms with van der Waals surface area (Å²) in [7, 11) is 3.18. The van der Waals surface area contributed by atoms with E-state index in [4.69, 9.17) is 15.2 Å². The Morgan fingerprint density at radius 3 is 2.61 bits per heavy atom. The zero-order valence-electron chi connectivity index (χ0n) is 13.6. The number of nitrogens with two attached hydrogens (primary N) is 1. The summed E-state index contributed by atoms with van der Waals surface area (Å²) in [5.41, 5.74) is 8.06. The third-order valence-electron chi connectivity index (χ3n) is 3.67. The highest BCUT2D eigenvalue weighted by atomic mass is 16.5. The molecule has 122 valence electrons. The summed E-state index contributed by atoms with van der Waals surface area (Å²) in [4.78, 5) is 12.2. The first-order valence-electron chi connectivity index (χ1n) is 7.40. The first kappa shape index (κ1) is 16.7. The second-order valence-electron chi connectivity index (χ2n) is 5.39. The van der Waals surface area contributed by atoms with Crippen molar-refractivity contribution in [1.29, 1.82) is 0 Å². The molecule has 1 atom stereocenters. The lowest BCUT2D eigenvalue weighted by molar-refractivity contribution is -0.116. The molecule has 2 aromatic carbocycles. The number of rotatable bonds is 6. The van der Waals surface area contributed by atoms with Gasteiger partial charge in [0.25, 0.3) is 0 Å². The third kappa shape index (κ3) is 4.39. The predicted molar refractivity (Wildman–Crippen MR) is 92.1 cm³/mol. The summed E-state index contributed by atoms with van der Waals surface area (Å²) >= 11 is 0. The Morgan fingerprint density at radius 2 is 1.96 bits per heavy atom. The zero-order chi connectivity index (χ0) is 16.8. The molecule has 2 rings (SSSR count). The second-order valence-corrected chi connectivity index (χ2v) is 5.39. The number of ether oxygens (including phenoxy) is 2. The van der Waals surface area contributed by atoms with E-state index in [1.807, 2.05) is 31.2 Å². The van der Waals surface area contributed by atoms with Gasteiger partial charge in [-0.2, -0.15) is 0 Å². The van der Waals surface area contributed by atoms with Crippen molar-refractivity contribution in [3.05, 3.63) is 48.0 Å². The van der Waals surface area contributed by atoms with Gasteiger partial charge in [0.2, 0.25) is 5.91 Å². The van der Waals surface area contributed by atoms with Gasteiger partial charge in [0.15, 0.2) is 0 Å². The van der Waals surface area contributed by atoms with Crippen LogP contribution in [0.25, 0.3) is 0 Å². The van der Waals surface area contributed by atoms with Crippen LogP contribution in [0, 0.1) is 0 Å². The first-order valence-corrected chi connectivity index (χ1v) is 7.40. The van der Waals surface area contributed by atoms with Crippen LogP contribution in [0.15, 0.2) is 42.5 Å². The van der Waals surface area contributed by atoms with Gasteiger partial charge in [-0.05, 0) is 41.8 Å². The molecule has 0 radical (unpaired) electrons. The average molecular weight is 314 g/mol. The number of anilines is 2. The Kier molecular flexibility index (Phi) is 5.46. The lowest BCUT2D eigenvalue weighted by Gasteiger charge is -2.14. The van der Waals surface area contributed by atoms with Crippen molar-refractivity contribution in [2.24, 2.45) is 0 Å². The van der Waals surface area contributed by atoms with Crippen LogP contribution in [0.5, 0.6) is 11.5 Å². The maximum atomic E-state index is 12.2. The van der Waals surface area contributed by atoms with Crippen molar-refractivity contribution in [3.63, 3.8) is 0 Å². The Morgan fingerprint density at radius 1 is 1.17 bits per heavy atom. The average Bonchev–Trinajstić information content (AvgIpc) is 2.55. The number of benzene rings is 2. The molecule has 5 nitrogen and oxygen atoms in total. The molecule has 0 fully saturated rings. The van der Waals surface area contributed by atoms with Crippen molar-refractivity contribution < 1.29 is 14.3 Å². The number of hydrogen-bond donors (Lipinski definition) is 2. The van der Waals surface area contributed by atoms with E-state index >= 15 is 0 Å². The molecule has 0 aliphatic carbocycles. The minimum absolute atomic E-state index is 0.0649. The van der Waals surface area contributed by atoms with Crippen LogP contribution in [-0.4, -0.2) is 20.1 Å². The van der Waals surface area contributed by atoms with Crippen LogP contribution >= 0.6 is 0 Å². The molecule has 5 heteroatoms. The Hall–Kier alpha value is -2.69. The van der Waals surface area contributed by atoms with E-state index in [-0.39, 0.29) is 11.8 Å². The highest BCUT2D eigenvalue weighted by Gasteiger charge is 2.13. The zero-order valence-corrected chi connectivity index (χ0v) is 13.6. The molecule has 0 saturated carbocycles. The summed E-state index contributed by atoms with van der Waals surface area (Å²) in [5.74, 6) is 1.40. The van der Waals surface area contributed by atoms with Crippen molar-refractivity contribution in [2.75, 3.05) is 25.3 Å². The van der Waals surface area contributed by atoms with Crippen LogP contribution in [0.3, 0.4) is 0 Å². The molecule has 0 heterocycles. The molecule has 1 amide bonds. The van der Waals surface area contributed by atoms with Gasteiger partial charge in [0.05, 0.1) is 19.9 Å². The summed E-state index contributed by atoms with van der Waals surface area (Å²) in [6, 6.07) is 12.9. The fourth-order valence-corrected chi connectivity index (χ4v) is 2.37. The third-order valence-corrected chi connectivity index (χ3v) is 3.67. The van der Waals surface area contributed by atoms with Crippen molar-refractivity contribution in [2.45, 2.75) is 19.3 Å². The van der Waals surface area contributed by atoms with Gasteiger partial charge < -0.3 is 20.5 Å². The number of hydrogen-bond acceptors (Lipinski definition) is 4. The van der Waals surface area contributed by atoms with E-state index in [0.29, 0.717) is 23.5 Å². The van der Waals surface area contributed by atoms with E-state index in [1.54, 1.807) is 32.4 Å². The maximum Gasteiger partial charge on any atom is 0.224 e. The molecule has 23 heavy (non-hydrogen) atoms. The summed E-state index contributed by atoms with van der Waals surface area (Å²) in [6.07, 6.45) is 0.374. The molecule has 0 aliphatic rings. The van der Waals surface area contributed by atoms with E-state index in [9.17, 15) is 4.79 Å². The van der Waals surface area contributed by atoms with E-state index in [1.165, 1.54) is 0 Å². The summed E-state index contributed by atoms with van der Waals surface area (Å²) < 4.78 is 10.3. The molecule has 0 spiro atoms. The number of nitrogen functional groups attached to an aromatic ring is 1. The lowest BCUT2D eigenvalue weighted by atomic mass is 9.97. The number of carbonyl (C=O) groups is 1. The standard InChI is InChI=1S/C18H22N2O3/c1-12(13-5-4-6-15(10-13)22-2)9-18(21)20-14-7-8-17(23-3)16(19)11-14/h4-8,10-12H,9,19H2,1-3H3,(H,20,21). The highest BCUT2D eigenvalue weighted by Crippen LogP contribution is 2.26. The van der Waals surface area contributed by atoms with Gasteiger partial charge in [-0.1, -0.05) is 19.1 Å². The van der Waals surface area contributed by atoms with Gasteiger partial charge in [-0.25, -0.2) is 0 Å². The summed E-state index contributed by atoms with van der Waals surface area (Å²) in [6.45, 7) is 2.01. The number of amides is 1. The van der Waals surface area contributed by atoms with Crippen LogP contribution in [0.4, 0.5) is 11.4 Å². The van der Waals surface area contributed by atoms with Crippen LogP contribution in [0.2, 0.25) is 0 Å². The second kappa shape index (κ2) is 7.54. The number of methoxy groups -OCH3 is 2. The predicted octanol–water partition coefficient (Wildman–Crippen LogP) is 3.42. The van der Waals surface area contributed by atoms with E-state index < -0.39 is 0 Å². The van der Waals surface area contributed by atoms with Crippen molar-refractivity contribution in [3.8, 4) is 11.5 Å². The quantitative estimate of drug-likeness (QED) is 0.801. The molecular formula is C18H22N2O3. The topological polar surface area (TPSA) is 73.6 Å². The maximum absolute atomic E-state index is 12.2. The fraction of sp³-hybridized carbons (Fsp3) is 0.278. The van der Waals surface area contributed by atoms with Crippen molar-refractivity contribution >= 4 is 17.3 Å². The van der Waals surface area contributed by atoms with Gasteiger partial charge in [-0.15, -0.1) is 0 Å². The Bertz CT molecular complexity index is 686. The number of carbonyl (C=O) groups excluding carboxylic acids is 1. The van der Waals surface area contributed by atoms with Gasteiger partial charge in [0, 0.05) is 12.1 Å². The first-order chi connectivity index (χ1) is 11.0. The minimum Gasteiger partial charge on any atom is -0.497 e. The Balaban J connectivity index is 1.99. The van der Waals surface area contributed by atoms with Crippen LogP contribution < -0.4 is 20.5 Å². The fourth-order valence-electron chi connectivity index (χ4n) is 2.37. The SMILES string of the molecule is COc1cccc(C(C)CC(=O)Nc2ccc(OC)c(N)c2)c1. The van der Waals surface area contributed by atoms with Crippen LogP contribution in [-0.2, 0) is 4.79 Å². The van der Waals surface area contributed by atoms with Gasteiger partial charge >= 0.3 is 0 Å². The molecule has 1 unspecified atom stereocenters. The smallest absolute Gasteiger partial charge is 0.224 e. The molecule has 0 aromatic heterocycles. The van der Waals surface area contributed by atoms with Gasteiger partial charge in [-0.3, -0.25) is 4.79 Å². The number of nitrogens with one attached hydrogen (secondary N) is 1. The van der Waals surface area contributed by atoms with Gasteiger partial charge in [0.1, 0.15) is 11.5 Å². The van der Waals surface area contributed by atoms with Crippen LogP contribution in [0.1, 0.15) is 24.8 Å². The molecular weight excluding hydrogens is 292 g/mol. The van der Waals surface area contributed by atoms with E-state index in [0.717, 1.165) is 11.3 Å². The monoisotopic (exact) mass is 314 g/mol. The van der Waals surface area contributed by atoms with E-state index in [2.05, 4.69) is 5.32 Å². The largest absolute Gasteiger partial charge is 0.497 e. The lowest BCUT2D eigenvalue weighted by Crippen LogP contribution is -2.14. The highest BCUT2D eigenvalue weighted by molar-refractivity contribution is 5.92.